The number of likely N-dealkylation sites (N-methyl/N-ethyl adjacent to an activating group) is 1. The summed E-state index contributed by atoms with van der Waals surface area (Å²) >= 11 is 1.75. The lowest BCUT2D eigenvalue weighted by Gasteiger charge is -2.17. The first-order valence-electron chi connectivity index (χ1n) is 6.36. The van der Waals surface area contributed by atoms with E-state index in [9.17, 15) is 5.11 Å². The van der Waals surface area contributed by atoms with Crippen LogP contribution in [-0.2, 0) is 17.9 Å². The van der Waals surface area contributed by atoms with E-state index in [-0.39, 0.29) is 0 Å². The highest BCUT2D eigenvalue weighted by atomic mass is 32.1. The van der Waals surface area contributed by atoms with Crippen molar-refractivity contribution in [1.29, 1.82) is 0 Å². The van der Waals surface area contributed by atoms with Crippen LogP contribution in [0.3, 0.4) is 0 Å². The Hall–Kier alpha value is -1.14. The number of rotatable bonds is 8. The van der Waals surface area contributed by atoms with Gasteiger partial charge in [-0.25, -0.2) is 0 Å². The molecule has 0 aliphatic rings. The fraction of sp³-hybridized carbons (Fsp3) is 0.429. The number of furan rings is 1. The topological polar surface area (TPSA) is 47.0 Å². The Morgan fingerprint density at radius 1 is 1.42 bits per heavy atom. The second kappa shape index (κ2) is 7.45. The third-order valence-corrected chi connectivity index (χ3v) is 3.65. The maximum absolute atomic E-state index is 9.90. The molecule has 0 amide bonds. The molecule has 104 valence electrons. The average molecular weight is 282 g/mol. The zero-order chi connectivity index (χ0) is 13.5. The highest BCUT2D eigenvalue weighted by Gasteiger charge is 2.12. The van der Waals surface area contributed by atoms with Gasteiger partial charge in [0.15, 0.2) is 0 Å². The molecular weight excluding hydrogens is 262 g/mol. The van der Waals surface area contributed by atoms with Gasteiger partial charge in [-0.1, -0.05) is 6.07 Å². The molecule has 5 heteroatoms. The number of quaternary nitrogens is 1. The SMILES string of the molecule is C[NH+](Cc1cccs1)C[C@H](O)COCc1ccco1. The fourth-order valence-electron chi connectivity index (χ4n) is 1.93. The standard InChI is InChI=1S/C14H19NO3S/c1-15(9-14-5-3-7-19-14)8-12(16)10-17-11-13-4-2-6-18-13/h2-7,12,16H,8-11H2,1H3/p+1/t12-/m0/s1. The zero-order valence-corrected chi connectivity index (χ0v) is 11.9. The van der Waals surface area contributed by atoms with Crippen LogP contribution in [0.2, 0.25) is 0 Å². The van der Waals surface area contributed by atoms with Gasteiger partial charge in [0.2, 0.25) is 0 Å². The first-order chi connectivity index (χ1) is 9.24. The Bertz CT molecular complexity index is 441. The van der Waals surface area contributed by atoms with Gasteiger partial charge >= 0.3 is 0 Å². The van der Waals surface area contributed by atoms with Crippen LogP contribution in [0.1, 0.15) is 10.6 Å². The van der Waals surface area contributed by atoms with Crippen LogP contribution in [0.5, 0.6) is 0 Å². The van der Waals surface area contributed by atoms with Crippen molar-refractivity contribution in [2.75, 3.05) is 20.2 Å². The number of ether oxygens (including phenoxy) is 1. The van der Waals surface area contributed by atoms with E-state index in [4.69, 9.17) is 9.15 Å². The lowest BCUT2D eigenvalue weighted by molar-refractivity contribution is -0.896. The number of nitrogens with one attached hydrogen (secondary N) is 1. The minimum atomic E-state index is -0.449. The molecule has 2 heterocycles. The number of hydrogen-bond donors (Lipinski definition) is 2. The zero-order valence-electron chi connectivity index (χ0n) is 11.0. The highest BCUT2D eigenvalue weighted by molar-refractivity contribution is 7.09. The van der Waals surface area contributed by atoms with Gasteiger partial charge in [-0.15, -0.1) is 11.3 Å². The second-order valence-electron chi connectivity index (χ2n) is 4.67. The molecule has 2 atom stereocenters. The Morgan fingerprint density at radius 2 is 2.32 bits per heavy atom. The smallest absolute Gasteiger partial charge is 0.129 e. The number of thiophene rings is 1. The van der Waals surface area contributed by atoms with Gasteiger partial charge in [0, 0.05) is 0 Å². The maximum atomic E-state index is 9.90. The molecule has 2 aromatic rings. The first kappa shape index (κ1) is 14.3. The largest absolute Gasteiger partial charge is 0.467 e. The quantitative estimate of drug-likeness (QED) is 0.757. The van der Waals surface area contributed by atoms with E-state index in [2.05, 4.69) is 24.6 Å². The van der Waals surface area contributed by atoms with Crippen molar-refractivity contribution >= 4 is 11.3 Å². The monoisotopic (exact) mass is 282 g/mol. The molecule has 2 aromatic heterocycles. The van der Waals surface area contributed by atoms with E-state index in [0.29, 0.717) is 19.8 Å². The number of hydrogen-bond acceptors (Lipinski definition) is 4. The summed E-state index contributed by atoms with van der Waals surface area (Å²) in [5, 5.41) is 12.0. The van der Waals surface area contributed by atoms with E-state index in [1.54, 1.807) is 17.6 Å². The summed E-state index contributed by atoms with van der Waals surface area (Å²) in [5.41, 5.74) is 0. The highest BCUT2D eigenvalue weighted by Crippen LogP contribution is 2.06. The molecule has 0 bridgehead atoms. The number of aliphatic hydroxyl groups is 1. The molecule has 2 N–H and O–H groups in total. The molecule has 2 rings (SSSR count). The molecule has 0 aliphatic carbocycles. The summed E-state index contributed by atoms with van der Waals surface area (Å²) in [6, 6.07) is 7.86. The van der Waals surface area contributed by atoms with Gasteiger partial charge in [-0.2, -0.15) is 0 Å². The molecular formula is C14H20NO3S+. The summed E-state index contributed by atoms with van der Waals surface area (Å²) in [5.74, 6) is 0.784. The van der Waals surface area contributed by atoms with Crippen LogP contribution in [0.15, 0.2) is 40.3 Å². The Kier molecular flexibility index (Phi) is 5.60. The van der Waals surface area contributed by atoms with Crippen molar-refractivity contribution in [3.05, 3.63) is 46.5 Å². The van der Waals surface area contributed by atoms with Gasteiger partial charge in [-0.05, 0) is 23.6 Å². The van der Waals surface area contributed by atoms with E-state index >= 15 is 0 Å². The molecule has 0 aliphatic heterocycles. The van der Waals surface area contributed by atoms with Crippen molar-refractivity contribution < 1.29 is 19.2 Å². The second-order valence-corrected chi connectivity index (χ2v) is 5.70. The molecule has 4 nitrogen and oxygen atoms in total. The summed E-state index contributed by atoms with van der Waals surface area (Å²) in [4.78, 5) is 2.61. The van der Waals surface area contributed by atoms with Crippen LogP contribution in [0.4, 0.5) is 0 Å². The average Bonchev–Trinajstić information content (AvgIpc) is 3.01. The molecule has 0 spiro atoms. The molecule has 0 saturated heterocycles. The van der Waals surface area contributed by atoms with Gasteiger partial charge in [0.1, 0.15) is 31.6 Å². The predicted molar refractivity (Wildman–Crippen MR) is 74.1 cm³/mol. The van der Waals surface area contributed by atoms with E-state index in [1.807, 2.05) is 12.1 Å². The van der Waals surface area contributed by atoms with Crippen molar-refractivity contribution in [1.82, 2.24) is 0 Å². The Balaban J connectivity index is 1.62. The summed E-state index contributed by atoms with van der Waals surface area (Å²) < 4.78 is 10.6. The fourth-order valence-corrected chi connectivity index (χ4v) is 2.75. The lowest BCUT2D eigenvalue weighted by atomic mass is 10.3. The van der Waals surface area contributed by atoms with E-state index < -0.39 is 6.10 Å². The van der Waals surface area contributed by atoms with Crippen LogP contribution in [-0.4, -0.2) is 31.4 Å². The van der Waals surface area contributed by atoms with Crippen molar-refractivity contribution in [3.63, 3.8) is 0 Å². The summed E-state index contributed by atoms with van der Waals surface area (Å²) in [6.07, 6.45) is 1.17. The third kappa shape index (κ3) is 5.16. The van der Waals surface area contributed by atoms with Crippen LogP contribution in [0, 0.1) is 0 Å². The van der Waals surface area contributed by atoms with Crippen LogP contribution < -0.4 is 4.90 Å². The lowest BCUT2D eigenvalue weighted by Crippen LogP contribution is -3.08. The van der Waals surface area contributed by atoms with Crippen LogP contribution >= 0.6 is 11.3 Å². The van der Waals surface area contributed by atoms with Gasteiger partial charge in [-0.3, -0.25) is 0 Å². The minimum absolute atomic E-state index is 0.336. The minimum Gasteiger partial charge on any atom is -0.467 e. The summed E-state index contributed by atoms with van der Waals surface area (Å²) in [6.45, 7) is 2.36. The van der Waals surface area contributed by atoms with Gasteiger partial charge in [0.25, 0.3) is 0 Å². The third-order valence-electron chi connectivity index (χ3n) is 2.77. The van der Waals surface area contributed by atoms with E-state index in [0.717, 1.165) is 12.3 Å². The Labute approximate surface area is 117 Å². The van der Waals surface area contributed by atoms with E-state index in [1.165, 1.54) is 9.78 Å². The Morgan fingerprint density at radius 3 is 3.00 bits per heavy atom. The molecule has 19 heavy (non-hydrogen) atoms. The summed E-state index contributed by atoms with van der Waals surface area (Å²) in [7, 11) is 2.08. The van der Waals surface area contributed by atoms with Crippen molar-refractivity contribution in [2.24, 2.45) is 0 Å². The number of aliphatic hydroxyl groups excluding tert-OH is 1. The normalized spacial score (nSPS) is 14.4. The maximum Gasteiger partial charge on any atom is 0.129 e. The van der Waals surface area contributed by atoms with Crippen LogP contribution in [0.25, 0.3) is 0 Å². The molecule has 0 fully saturated rings. The molecule has 1 unspecified atom stereocenters. The molecule has 0 saturated carbocycles. The van der Waals surface area contributed by atoms with Gasteiger partial charge in [0.05, 0.1) is 24.8 Å². The molecule has 0 aromatic carbocycles. The van der Waals surface area contributed by atoms with Crippen molar-refractivity contribution in [2.45, 2.75) is 19.3 Å². The van der Waals surface area contributed by atoms with Crippen molar-refractivity contribution in [3.8, 4) is 0 Å². The molecule has 0 radical (unpaired) electrons. The van der Waals surface area contributed by atoms with Gasteiger partial charge < -0.3 is 19.2 Å². The first-order valence-corrected chi connectivity index (χ1v) is 7.24. The predicted octanol–water partition coefficient (Wildman–Crippen LogP) is 0.933.